The molecule has 1 atom stereocenters. The maximum Gasteiger partial charge on any atom is 0.306 e. The van der Waals surface area contributed by atoms with Gasteiger partial charge in [-0.1, -0.05) is 71.1 Å². The summed E-state index contributed by atoms with van der Waals surface area (Å²) in [6, 6.07) is 9.76. The molecule has 4 nitrogen and oxygen atoms in total. The van der Waals surface area contributed by atoms with Crippen molar-refractivity contribution >= 4 is 20.0 Å². The number of hydrogen-bond donors (Lipinski definition) is 0. The molecule has 0 radical (unpaired) electrons. The van der Waals surface area contributed by atoms with Gasteiger partial charge >= 0.3 is 5.97 Å². The molecule has 1 aromatic carbocycles. The molecule has 1 fully saturated rings. The Morgan fingerprint density at radius 2 is 1.85 bits per heavy atom. The molecule has 1 aromatic rings. The Kier molecular flexibility index (Phi) is 6.32. The van der Waals surface area contributed by atoms with E-state index in [0.29, 0.717) is 25.4 Å². The molecule has 5 heteroatoms. The first-order chi connectivity index (χ1) is 12.1. The highest BCUT2D eigenvalue weighted by atomic mass is 28.3. The van der Waals surface area contributed by atoms with Crippen LogP contribution in [0, 0.1) is 5.92 Å². The second-order valence-corrected chi connectivity index (χ2v) is 14.3. The van der Waals surface area contributed by atoms with Gasteiger partial charge in [-0.3, -0.25) is 9.59 Å². The number of hydrogen-bond acceptors (Lipinski definition) is 3. The van der Waals surface area contributed by atoms with Crippen molar-refractivity contribution in [2.24, 2.45) is 5.92 Å². The van der Waals surface area contributed by atoms with Crippen LogP contribution in [-0.2, 0) is 20.9 Å². The lowest BCUT2D eigenvalue weighted by Gasteiger charge is -2.53. The number of ether oxygens (including phenoxy) is 1. The van der Waals surface area contributed by atoms with Crippen LogP contribution in [0.3, 0.4) is 0 Å². The van der Waals surface area contributed by atoms with Crippen molar-refractivity contribution in [2.75, 3.05) is 6.54 Å². The molecule has 1 amide bonds. The predicted molar refractivity (Wildman–Crippen MR) is 107 cm³/mol. The number of nitrogens with zero attached hydrogens (tertiary/aromatic N) is 1. The van der Waals surface area contributed by atoms with Crippen molar-refractivity contribution < 1.29 is 14.3 Å². The quantitative estimate of drug-likeness (QED) is 0.384. The first kappa shape index (κ1) is 20.7. The van der Waals surface area contributed by atoms with Crippen LogP contribution in [0.15, 0.2) is 30.3 Å². The second kappa shape index (κ2) is 7.95. The largest absolute Gasteiger partial charge is 0.461 e. The SMILES string of the molecule is CC(C)C(N1CCC1=O)[Si](C)(C)C(C)(C)CC(=O)OCc1ccccc1. The molecule has 0 saturated carbocycles. The summed E-state index contributed by atoms with van der Waals surface area (Å²) in [6.45, 7) is 14.5. The summed E-state index contributed by atoms with van der Waals surface area (Å²) in [4.78, 5) is 26.6. The number of likely N-dealkylation sites (tertiary alicyclic amines) is 1. The predicted octanol–water partition coefficient (Wildman–Crippen LogP) is 4.40. The van der Waals surface area contributed by atoms with Crippen LogP contribution in [0.4, 0.5) is 0 Å². The van der Waals surface area contributed by atoms with Gasteiger partial charge < -0.3 is 9.64 Å². The van der Waals surface area contributed by atoms with Crippen molar-refractivity contribution in [1.29, 1.82) is 0 Å². The molecule has 1 unspecified atom stereocenters. The fourth-order valence-corrected chi connectivity index (χ4v) is 8.11. The fraction of sp³-hybridized carbons (Fsp3) is 0.619. The molecule has 1 heterocycles. The molecule has 0 N–H and O–H groups in total. The molecule has 26 heavy (non-hydrogen) atoms. The Balaban J connectivity index is 2.05. The number of rotatable bonds is 8. The molecule has 0 aliphatic carbocycles. The first-order valence-electron chi connectivity index (χ1n) is 9.55. The summed E-state index contributed by atoms with van der Waals surface area (Å²) in [7, 11) is -1.96. The van der Waals surface area contributed by atoms with E-state index in [1.165, 1.54) is 0 Å². The van der Waals surface area contributed by atoms with Gasteiger partial charge in [0, 0.05) is 25.1 Å². The van der Waals surface area contributed by atoms with E-state index in [4.69, 9.17) is 4.74 Å². The zero-order valence-electron chi connectivity index (χ0n) is 17.0. The van der Waals surface area contributed by atoms with Gasteiger partial charge in [-0.25, -0.2) is 0 Å². The van der Waals surface area contributed by atoms with Gasteiger partial charge in [0.25, 0.3) is 0 Å². The summed E-state index contributed by atoms with van der Waals surface area (Å²) >= 11 is 0. The summed E-state index contributed by atoms with van der Waals surface area (Å²) in [5.74, 6) is 0.490. The average Bonchev–Trinajstić information content (AvgIpc) is 2.56. The normalized spacial score (nSPS) is 16.4. The van der Waals surface area contributed by atoms with Crippen LogP contribution < -0.4 is 0 Å². The molecule has 2 rings (SSSR count). The molecular weight excluding hydrogens is 342 g/mol. The minimum absolute atomic E-state index is 0.156. The summed E-state index contributed by atoms with van der Waals surface area (Å²) in [5, 5.41) is -0.161. The first-order valence-corrected chi connectivity index (χ1v) is 12.6. The highest BCUT2D eigenvalue weighted by molar-refractivity contribution is 6.82. The van der Waals surface area contributed by atoms with Crippen LogP contribution >= 0.6 is 0 Å². The Morgan fingerprint density at radius 3 is 2.31 bits per heavy atom. The zero-order valence-corrected chi connectivity index (χ0v) is 18.0. The van der Waals surface area contributed by atoms with E-state index in [1.54, 1.807) is 0 Å². The van der Waals surface area contributed by atoms with Crippen molar-refractivity contribution in [2.45, 2.75) is 70.9 Å². The van der Waals surface area contributed by atoms with E-state index >= 15 is 0 Å². The number of β-lactam (4-membered cyclic amide) rings is 1. The third kappa shape index (κ3) is 4.37. The van der Waals surface area contributed by atoms with Gasteiger partial charge in [-0.15, -0.1) is 0 Å². The molecule has 144 valence electrons. The van der Waals surface area contributed by atoms with Gasteiger partial charge in [-0.05, 0) is 16.5 Å². The van der Waals surface area contributed by atoms with Crippen LogP contribution in [-0.4, -0.2) is 37.1 Å². The van der Waals surface area contributed by atoms with E-state index in [9.17, 15) is 9.59 Å². The van der Waals surface area contributed by atoms with Crippen LogP contribution in [0.2, 0.25) is 18.1 Å². The van der Waals surface area contributed by atoms with Crippen molar-refractivity contribution in [3.8, 4) is 0 Å². The number of esters is 1. The van der Waals surface area contributed by atoms with E-state index in [-0.39, 0.29) is 22.6 Å². The summed E-state index contributed by atoms with van der Waals surface area (Å²) in [6.07, 6.45) is 1.05. The Hall–Kier alpha value is -1.62. The van der Waals surface area contributed by atoms with E-state index in [2.05, 4.69) is 40.8 Å². The third-order valence-electron chi connectivity index (χ3n) is 6.17. The van der Waals surface area contributed by atoms with E-state index in [1.807, 2.05) is 35.2 Å². The van der Waals surface area contributed by atoms with Crippen molar-refractivity contribution in [3.05, 3.63) is 35.9 Å². The summed E-state index contributed by atoms with van der Waals surface area (Å²) in [5.41, 5.74) is 1.25. The highest BCUT2D eigenvalue weighted by Gasteiger charge is 2.51. The minimum Gasteiger partial charge on any atom is -0.461 e. The monoisotopic (exact) mass is 375 g/mol. The van der Waals surface area contributed by atoms with Crippen molar-refractivity contribution in [1.82, 2.24) is 4.90 Å². The molecule has 1 saturated heterocycles. The standard InChI is InChI=1S/C21H33NO3Si/c1-16(2)20(22-13-12-18(22)23)26(5,6)21(3,4)14-19(24)25-15-17-10-8-7-9-11-17/h7-11,16,20H,12-15H2,1-6H3. The maximum atomic E-state index is 12.5. The van der Waals surface area contributed by atoms with E-state index in [0.717, 1.165) is 12.1 Å². The molecule has 1 aliphatic rings. The van der Waals surface area contributed by atoms with Crippen LogP contribution in [0.1, 0.15) is 46.1 Å². The molecule has 0 spiro atoms. The molecule has 0 bridgehead atoms. The number of carbonyl (C=O) groups is 2. The fourth-order valence-electron chi connectivity index (χ4n) is 3.99. The topological polar surface area (TPSA) is 46.6 Å². The van der Waals surface area contributed by atoms with Crippen molar-refractivity contribution in [3.63, 3.8) is 0 Å². The van der Waals surface area contributed by atoms with Gasteiger partial charge in [0.05, 0.1) is 8.07 Å². The maximum absolute atomic E-state index is 12.5. The Labute approximate surface area is 158 Å². The van der Waals surface area contributed by atoms with Gasteiger partial charge in [0.15, 0.2) is 0 Å². The minimum atomic E-state index is -1.96. The number of amides is 1. The Bertz CT molecular complexity index is 640. The van der Waals surface area contributed by atoms with Gasteiger partial charge in [-0.2, -0.15) is 0 Å². The Morgan fingerprint density at radius 1 is 1.23 bits per heavy atom. The molecule has 0 aromatic heterocycles. The lowest BCUT2D eigenvalue weighted by Crippen LogP contribution is -2.65. The average molecular weight is 376 g/mol. The number of benzene rings is 1. The lowest BCUT2D eigenvalue weighted by atomic mass is 10.1. The third-order valence-corrected chi connectivity index (χ3v) is 12.3. The smallest absolute Gasteiger partial charge is 0.306 e. The number of carbonyl (C=O) groups excluding carboxylic acids is 2. The van der Waals surface area contributed by atoms with Crippen LogP contribution in [0.25, 0.3) is 0 Å². The lowest BCUT2D eigenvalue weighted by molar-refractivity contribution is -0.145. The molecule has 1 aliphatic heterocycles. The molecular formula is C21H33NO3Si. The zero-order chi connectivity index (χ0) is 19.5. The highest BCUT2D eigenvalue weighted by Crippen LogP contribution is 2.46. The second-order valence-electron chi connectivity index (χ2n) is 8.95. The van der Waals surface area contributed by atoms with Gasteiger partial charge in [0.1, 0.15) is 6.61 Å². The van der Waals surface area contributed by atoms with Gasteiger partial charge in [0.2, 0.25) is 5.91 Å². The summed E-state index contributed by atoms with van der Waals surface area (Å²) < 4.78 is 5.52. The van der Waals surface area contributed by atoms with E-state index < -0.39 is 8.07 Å². The van der Waals surface area contributed by atoms with Crippen LogP contribution in [0.5, 0.6) is 0 Å².